The summed E-state index contributed by atoms with van der Waals surface area (Å²) in [6.07, 6.45) is -0.693. The van der Waals surface area contributed by atoms with Gasteiger partial charge in [-0.3, -0.25) is 0 Å². The van der Waals surface area contributed by atoms with Crippen LogP contribution in [0.1, 0.15) is 34.1 Å². The molecule has 0 aromatic rings. The fourth-order valence-electron chi connectivity index (χ4n) is 3.32. The smallest absolute Gasteiger partial charge is 0.243 e. The summed E-state index contributed by atoms with van der Waals surface area (Å²) in [5.74, 6) is -2.28. The van der Waals surface area contributed by atoms with Crippen LogP contribution in [0.3, 0.4) is 0 Å². The maximum atomic E-state index is 11.3. The van der Waals surface area contributed by atoms with Gasteiger partial charge in [0.25, 0.3) is 0 Å². The number of aliphatic imine (C=N–C) groups is 4. The maximum Gasteiger partial charge on any atom is 0.243 e. The molecule has 12 heteroatoms. The predicted molar refractivity (Wildman–Crippen MR) is 112 cm³/mol. The van der Waals surface area contributed by atoms with E-state index in [1.807, 2.05) is 0 Å². The summed E-state index contributed by atoms with van der Waals surface area (Å²) in [7, 11) is 4.99. The second-order valence-electron chi connectivity index (χ2n) is 8.06. The molecular formula is C19H32N4O8. The molecule has 0 spiro atoms. The summed E-state index contributed by atoms with van der Waals surface area (Å²) in [6, 6.07) is 0. The van der Waals surface area contributed by atoms with Gasteiger partial charge >= 0.3 is 0 Å². The third-order valence-electron chi connectivity index (χ3n) is 5.31. The van der Waals surface area contributed by atoms with E-state index >= 15 is 0 Å². The van der Waals surface area contributed by atoms with Crippen LogP contribution in [0.4, 0.5) is 0 Å². The molecule has 4 atom stereocenters. The molecule has 0 bridgehead atoms. The minimum absolute atomic E-state index is 0.282. The molecule has 2 unspecified atom stereocenters. The lowest BCUT2D eigenvalue weighted by atomic mass is 9.92. The Morgan fingerprint density at radius 2 is 0.871 bits per heavy atom. The summed E-state index contributed by atoms with van der Waals surface area (Å²) in [6.45, 7) is 6.73. The highest BCUT2D eigenvalue weighted by Gasteiger charge is 2.57. The standard InChI is InChI=1S/C19H32N4O8/c1-10(2)18(26)14(30-7)20-16(24,12(22-18)28-5)9-17(25)13(29-6)23-19(27,11(3)4)15(21-17)31-8/h10-11,24-27H,9H2,1-8H3/t16-,17?,18+,19?/m0/s1. The zero-order chi connectivity index (χ0) is 23.8. The first kappa shape index (κ1) is 25.0. The van der Waals surface area contributed by atoms with Crippen molar-refractivity contribution in [3.05, 3.63) is 0 Å². The van der Waals surface area contributed by atoms with Gasteiger partial charge in [0.1, 0.15) is 0 Å². The van der Waals surface area contributed by atoms with Gasteiger partial charge in [0.2, 0.25) is 46.5 Å². The lowest BCUT2D eigenvalue weighted by molar-refractivity contribution is -0.0316. The normalized spacial score (nSPS) is 35.8. The molecule has 2 heterocycles. The van der Waals surface area contributed by atoms with Crippen LogP contribution in [0, 0.1) is 11.8 Å². The molecule has 0 aromatic heterocycles. The van der Waals surface area contributed by atoms with E-state index in [1.54, 1.807) is 27.7 Å². The van der Waals surface area contributed by atoms with Crippen molar-refractivity contribution in [1.29, 1.82) is 0 Å². The molecule has 4 N–H and O–H groups in total. The minimum atomic E-state index is -2.31. The van der Waals surface area contributed by atoms with Crippen LogP contribution in [0.15, 0.2) is 20.0 Å². The van der Waals surface area contributed by atoms with Gasteiger partial charge in [0, 0.05) is 11.8 Å². The molecular weight excluding hydrogens is 412 g/mol. The Bertz CT molecular complexity index is 760. The van der Waals surface area contributed by atoms with Gasteiger partial charge < -0.3 is 39.4 Å². The van der Waals surface area contributed by atoms with Crippen molar-refractivity contribution in [3.8, 4) is 0 Å². The van der Waals surface area contributed by atoms with E-state index < -0.39 is 41.2 Å². The number of ether oxygens (including phenoxy) is 4. The largest absolute Gasteiger partial charge is 0.481 e. The number of nitrogens with zero attached hydrogens (tertiary/aromatic N) is 4. The van der Waals surface area contributed by atoms with E-state index in [1.165, 1.54) is 28.4 Å². The SMILES string of the molecule is COC1=NC(O)(C(C)C)C(OC)=NC1(O)C[C@@]1(O)N=C(OC)[C@](O)(C(C)C)N=C1OC. The van der Waals surface area contributed by atoms with Crippen LogP contribution in [0.25, 0.3) is 0 Å². The average Bonchev–Trinajstić information content (AvgIpc) is 2.70. The fraction of sp³-hybridized carbons (Fsp3) is 0.789. The van der Waals surface area contributed by atoms with E-state index in [4.69, 9.17) is 18.9 Å². The highest BCUT2D eigenvalue weighted by molar-refractivity contribution is 6.00. The first-order valence-electron chi connectivity index (χ1n) is 9.73. The third kappa shape index (κ3) is 4.00. The summed E-state index contributed by atoms with van der Waals surface area (Å²) in [4.78, 5) is 16.4. The molecule has 0 amide bonds. The van der Waals surface area contributed by atoms with E-state index in [0.29, 0.717) is 0 Å². The first-order chi connectivity index (χ1) is 14.3. The second-order valence-corrected chi connectivity index (χ2v) is 8.06. The van der Waals surface area contributed by atoms with Crippen molar-refractivity contribution >= 4 is 23.6 Å². The number of aliphatic hydroxyl groups is 4. The Balaban J connectivity index is 2.61. The first-order valence-corrected chi connectivity index (χ1v) is 9.73. The summed E-state index contributed by atoms with van der Waals surface area (Å²) >= 11 is 0. The van der Waals surface area contributed by atoms with Gasteiger partial charge in [-0.2, -0.15) is 0 Å². The number of hydrogen-bond acceptors (Lipinski definition) is 12. The van der Waals surface area contributed by atoms with Crippen molar-refractivity contribution in [2.24, 2.45) is 31.8 Å². The number of hydrogen-bond donors (Lipinski definition) is 4. The molecule has 0 fully saturated rings. The molecule has 2 aliphatic heterocycles. The van der Waals surface area contributed by atoms with Gasteiger partial charge in [-0.1, -0.05) is 27.7 Å². The van der Waals surface area contributed by atoms with Crippen molar-refractivity contribution in [2.45, 2.75) is 57.0 Å². The lowest BCUT2D eigenvalue weighted by Gasteiger charge is -2.41. The number of methoxy groups -OCH3 is 4. The highest BCUT2D eigenvalue weighted by atomic mass is 16.5. The Hall–Kier alpha value is -2.28. The molecule has 0 saturated heterocycles. The zero-order valence-corrected chi connectivity index (χ0v) is 19.1. The zero-order valence-electron chi connectivity index (χ0n) is 19.1. The van der Waals surface area contributed by atoms with E-state index in [0.717, 1.165) is 0 Å². The van der Waals surface area contributed by atoms with Gasteiger partial charge in [-0.25, -0.2) is 20.0 Å². The van der Waals surface area contributed by atoms with Crippen molar-refractivity contribution in [2.75, 3.05) is 28.4 Å². The Labute approximate surface area is 181 Å². The number of rotatable bonds is 4. The van der Waals surface area contributed by atoms with Crippen LogP contribution in [-0.4, -0.2) is 95.4 Å². The molecule has 12 nitrogen and oxygen atoms in total. The summed E-state index contributed by atoms with van der Waals surface area (Å²) < 4.78 is 20.7. The molecule has 31 heavy (non-hydrogen) atoms. The Kier molecular flexibility index (Phi) is 6.72. The van der Waals surface area contributed by atoms with Crippen LogP contribution < -0.4 is 0 Å². The van der Waals surface area contributed by atoms with Gasteiger partial charge in [0.15, 0.2) is 0 Å². The molecule has 0 aliphatic carbocycles. The Morgan fingerprint density at radius 3 is 1.10 bits per heavy atom. The van der Waals surface area contributed by atoms with Crippen LogP contribution in [0.5, 0.6) is 0 Å². The maximum absolute atomic E-state index is 11.3. The van der Waals surface area contributed by atoms with E-state index in [-0.39, 0.29) is 23.6 Å². The topological polar surface area (TPSA) is 167 Å². The van der Waals surface area contributed by atoms with Gasteiger partial charge in [-0.15, -0.1) is 0 Å². The summed E-state index contributed by atoms with van der Waals surface area (Å²) in [5.41, 5.74) is -8.41. The van der Waals surface area contributed by atoms with E-state index in [9.17, 15) is 20.4 Å². The third-order valence-corrected chi connectivity index (χ3v) is 5.31. The van der Waals surface area contributed by atoms with Crippen molar-refractivity contribution in [3.63, 3.8) is 0 Å². The molecule has 2 aliphatic rings. The van der Waals surface area contributed by atoms with Crippen LogP contribution in [0.2, 0.25) is 0 Å². The van der Waals surface area contributed by atoms with Crippen molar-refractivity contribution < 1.29 is 39.4 Å². The lowest BCUT2D eigenvalue weighted by Crippen LogP contribution is -2.59. The molecule has 0 saturated carbocycles. The van der Waals surface area contributed by atoms with Crippen molar-refractivity contribution in [1.82, 2.24) is 0 Å². The quantitative estimate of drug-likeness (QED) is 0.456. The monoisotopic (exact) mass is 444 g/mol. The summed E-state index contributed by atoms with van der Waals surface area (Å²) in [5, 5.41) is 44.4. The average molecular weight is 444 g/mol. The molecule has 0 aromatic carbocycles. The van der Waals surface area contributed by atoms with Crippen LogP contribution >= 0.6 is 0 Å². The van der Waals surface area contributed by atoms with Gasteiger partial charge in [-0.05, 0) is 0 Å². The van der Waals surface area contributed by atoms with E-state index in [2.05, 4.69) is 20.0 Å². The Morgan fingerprint density at radius 1 is 0.581 bits per heavy atom. The van der Waals surface area contributed by atoms with Crippen LogP contribution in [-0.2, 0) is 18.9 Å². The fourth-order valence-corrected chi connectivity index (χ4v) is 3.32. The second kappa shape index (κ2) is 8.34. The predicted octanol–water partition coefficient (Wildman–Crippen LogP) is -0.350. The minimum Gasteiger partial charge on any atom is -0.481 e. The highest BCUT2D eigenvalue weighted by Crippen LogP contribution is 2.38. The molecule has 2 rings (SSSR count). The van der Waals surface area contributed by atoms with Gasteiger partial charge in [0.05, 0.1) is 34.9 Å². The molecule has 176 valence electrons. The molecule has 0 radical (unpaired) electrons.